The van der Waals surface area contributed by atoms with E-state index >= 15 is 0 Å². The number of nitriles is 1. The summed E-state index contributed by atoms with van der Waals surface area (Å²) in [7, 11) is 1.81. The van der Waals surface area contributed by atoms with Crippen LogP contribution in [0.4, 0.5) is 10.1 Å². The molecule has 0 fully saturated rings. The third-order valence-corrected chi connectivity index (χ3v) is 4.24. The number of nitrogens with zero attached hydrogens (tertiary/aromatic N) is 3. The third kappa shape index (κ3) is 6.36. The van der Waals surface area contributed by atoms with Crippen molar-refractivity contribution in [1.82, 2.24) is 4.90 Å². The molecule has 0 aliphatic carbocycles. The predicted octanol–water partition coefficient (Wildman–Crippen LogP) is 3.70. The molecule has 0 radical (unpaired) electrons. The van der Waals surface area contributed by atoms with E-state index < -0.39 is 5.82 Å². The Morgan fingerprint density at radius 3 is 2.46 bits per heavy atom. The maximum atomic E-state index is 13.6. The van der Waals surface area contributed by atoms with Gasteiger partial charge in [-0.25, -0.2) is 4.39 Å². The van der Waals surface area contributed by atoms with Gasteiger partial charge in [0.2, 0.25) is 5.91 Å². The van der Waals surface area contributed by atoms with E-state index in [0.717, 1.165) is 16.8 Å². The minimum Gasteiger partial charge on any atom is -0.489 e. The van der Waals surface area contributed by atoms with Crippen molar-refractivity contribution in [2.75, 3.05) is 38.2 Å². The Bertz CT molecular complexity index is 828. The topological polar surface area (TPSA) is 56.6 Å². The summed E-state index contributed by atoms with van der Waals surface area (Å²) >= 11 is 0. The summed E-state index contributed by atoms with van der Waals surface area (Å²) in [5.74, 6) is -0.291. The van der Waals surface area contributed by atoms with Gasteiger partial charge in [0.25, 0.3) is 0 Å². The molecular weight excluding hydrogens is 357 g/mol. The Hall–Kier alpha value is -2.91. The molecule has 2 aromatic carbocycles. The van der Waals surface area contributed by atoms with Gasteiger partial charge in [-0.3, -0.25) is 9.69 Å². The summed E-state index contributed by atoms with van der Waals surface area (Å²) in [6.45, 7) is 5.23. The number of amides is 1. The number of aryl methyl sites for hydroxylation is 2. The fourth-order valence-electron chi connectivity index (χ4n) is 2.93. The zero-order valence-electron chi connectivity index (χ0n) is 16.6. The minimum absolute atomic E-state index is 0.0892. The highest BCUT2D eigenvalue weighted by Gasteiger charge is 2.18. The Labute approximate surface area is 165 Å². The van der Waals surface area contributed by atoms with Crippen LogP contribution in [0.1, 0.15) is 17.5 Å². The van der Waals surface area contributed by atoms with Gasteiger partial charge in [0, 0.05) is 18.8 Å². The molecule has 0 unspecified atom stereocenters. The summed E-state index contributed by atoms with van der Waals surface area (Å²) in [5.41, 5.74) is 2.93. The second-order valence-electron chi connectivity index (χ2n) is 6.82. The number of anilines is 1. The molecule has 0 aliphatic rings. The average Bonchev–Trinajstić information content (AvgIpc) is 2.63. The normalized spacial score (nSPS) is 10.6. The van der Waals surface area contributed by atoms with Crippen LogP contribution in [-0.4, -0.2) is 44.1 Å². The highest BCUT2D eigenvalue weighted by molar-refractivity contribution is 5.95. The van der Waals surface area contributed by atoms with Gasteiger partial charge in [0.05, 0.1) is 19.0 Å². The zero-order chi connectivity index (χ0) is 20.5. The number of ether oxygens (including phenoxy) is 1. The number of carbonyl (C=O) groups is 1. The van der Waals surface area contributed by atoms with Crippen molar-refractivity contribution >= 4 is 11.6 Å². The Kier molecular flexibility index (Phi) is 7.97. The van der Waals surface area contributed by atoms with Crippen molar-refractivity contribution < 1.29 is 13.9 Å². The fraction of sp³-hybridized carbons (Fsp3) is 0.364. The number of hydrogen-bond donors (Lipinski definition) is 0. The number of likely N-dealkylation sites (N-methyl/N-ethyl adjacent to an activating group) is 1. The molecule has 0 aromatic heterocycles. The number of rotatable bonds is 9. The largest absolute Gasteiger partial charge is 0.489 e. The van der Waals surface area contributed by atoms with Crippen LogP contribution in [0, 0.1) is 31.0 Å². The van der Waals surface area contributed by atoms with Gasteiger partial charge in [-0.05, 0) is 56.3 Å². The van der Waals surface area contributed by atoms with Crippen LogP contribution in [0.5, 0.6) is 5.75 Å². The third-order valence-electron chi connectivity index (χ3n) is 4.24. The van der Waals surface area contributed by atoms with E-state index in [0.29, 0.717) is 13.1 Å². The Morgan fingerprint density at radius 1 is 1.14 bits per heavy atom. The van der Waals surface area contributed by atoms with Gasteiger partial charge < -0.3 is 9.64 Å². The molecule has 0 saturated carbocycles. The molecule has 28 heavy (non-hydrogen) atoms. The molecule has 148 valence electrons. The SMILES string of the molecule is Cc1cc(C)cc(N(CCC#N)C(=O)CN(C)CCOc2ccccc2F)c1. The van der Waals surface area contributed by atoms with Crippen molar-refractivity contribution in [3.8, 4) is 11.8 Å². The Balaban J connectivity index is 1.96. The minimum atomic E-state index is -0.404. The number of hydrogen-bond acceptors (Lipinski definition) is 4. The molecular formula is C22H26FN3O2. The molecule has 0 N–H and O–H groups in total. The van der Waals surface area contributed by atoms with Crippen LogP contribution in [0.25, 0.3) is 0 Å². The quantitative estimate of drug-likeness (QED) is 0.663. The van der Waals surface area contributed by atoms with Gasteiger partial charge in [-0.2, -0.15) is 5.26 Å². The first-order valence-corrected chi connectivity index (χ1v) is 9.22. The van der Waals surface area contributed by atoms with Crippen molar-refractivity contribution in [2.24, 2.45) is 0 Å². The van der Waals surface area contributed by atoms with Gasteiger partial charge in [0.1, 0.15) is 6.61 Å². The molecule has 2 rings (SSSR count). The van der Waals surface area contributed by atoms with Gasteiger partial charge in [-0.1, -0.05) is 18.2 Å². The summed E-state index contributed by atoms with van der Waals surface area (Å²) in [6.07, 6.45) is 0.263. The molecule has 0 saturated heterocycles. The molecule has 0 atom stereocenters. The van der Waals surface area contributed by atoms with E-state index in [2.05, 4.69) is 6.07 Å². The summed E-state index contributed by atoms with van der Waals surface area (Å²) in [6, 6.07) is 14.3. The lowest BCUT2D eigenvalue weighted by atomic mass is 10.1. The predicted molar refractivity (Wildman–Crippen MR) is 108 cm³/mol. The van der Waals surface area contributed by atoms with Crippen molar-refractivity contribution in [1.29, 1.82) is 5.26 Å². The van der Waals surface area contributed by atoms with Crippen molar-refractivity contribution in [2.45, 2.75) is 20.3 Å². The van der Waals surface area contributed by atoms with E-state index in [1.807, 2.05) is 44.0 Å². The van der Waals surface area contributed by atoms with Crippen LogP contribution in [-0.2, 0) is 4.79 Å². The summed E-state index contributed by atoms with van der Waals surface area (Å²) < 4.78 is 19.0. The van der Waals surface area contributed by atoms with Crippen molar-refractivity contribution in [3.63, 3.8) is 0 Å². The molecule has 6 heteroatoms. The second-order valence-corrected chi connectivity index (χ2v) is 6.82. The lowest BCUT2D eigenvalue weighted by Gasteiger charge is -2.25. The van der Waals surface area contributed by atoms with Crippen LogP contribution >= 0.6 is 0 Å². The molecule has 0 aliphatic heterocycles. The lowest BCUT2D eigenvalue weighted by Crippen LogP contribution is -2.40. The summed E-state index contributed by atoms with van der Waals surface area (Å²) in [5, 5.41) is 8.94. The number of halogens is 1. The smallest absolute Gasteiger partial charge is 0.241 e. The van der Waals surface area contributed by atoms with E-state index in [1.54, 1.807) is 23.1 Å². The first-order valence-electron chi connectivity index (χ1n) is 9.22. The maximum Gasteiger partial charge on any atom is 0.241 e. The molecule has 1 amide bonds. The van der Waals surface area contributed by atoms with Gasteiger partial charge >= 0.3 is 0 Å². The second kappa shape index (κ2) is 10.4. The molecule has 0 heterocycles. The molecule has 2 aromatic rings. The van der Waals surface area contributed by atoms with Gasteiger partial charge in [0.15, 0.2) is 11.6 Å². The highest BCUT2D eigenvalue weighted by Crippen LogP contribution is 2.20. The van der Waals surface area contributed by atoms with E-state index in [-0.39, 0.29) is 31.2 Å². The molecule has 0 bridgehead atoms. The van der Waals surface area contributed by atoms with Crippen LogP contribution < -0.4 is 9.64 Å². The molecule has 5 nitrogen and oxygen atoms in total. The monoisotopic (exact) mass is 383 g/mol. The van der Waals surface area contributed by atoms with E-state index in [4.69, 9.17) is 10.00 Å². The first kappa shape index (κ1) is 21.4. The van der Waals surface area contributed by atoms with Crippen LogP contribution in [0.2, 0.25) is 0 Å². The zero-order valence-corrected chi connectivity index (χ0v) is 16.6. The Morgan fingerprint density at radius 2 is 1.82 bits per heavy atom. The van der Waals surface area contributed by atoms with Crippen LogP contribution in [0.3, 0.4) is 0 Å². The average molecular weight is 383 g/mol. The summed E-state index contributed by atoms with van der Waals surface area (Å²) in [4.78, 5) is 16.3. The first-order chi connectivity index (χ1) is 13.4. The number of carbonyl (C=O) groups excluding carboxylic acids is 1. The van der Waals surface area contributed by atoms with Crippen molar-refractivity contribution in [3.05, 3.63) is 59.4 Å². The fourth-order valence-corrected chi connectivity index (χ4v) is 2.93. The number of benzene rings is 2. The highest BCUT2D eigenvalue weighted by atomic mass is 19.1. The van der Waals surface area contributed by atoms with Gasteiger partial charge in [-0.15, -0.1) is 0 Å². The van der Waals surface area contributed by atoms with E-state index in [9.17, 15) is 9.18 Å². The molecule has 0 spiro atoms. The lowest BCUT2D eigenvalue weighted by molar-refractivity contribution is -0.119. The number of para-hydroxylation sites is 1. The van der Waals surface area contributed by atoms with Crippen LogP contribution in [0.15, 0.2) is 42.5 Å². The maximum absolute atomic E-state index is 13.6. The standard InChI is InChI=1S/C22H26FN3O2/c1-17-13-18(2)15-19(14-17)26(10-6-9-24)22(27)16-25(3)11-12-28-21-8-5-4-7-20(21)23/h4-5,7-8,13-15H,6,10-12,16H2,1-3H3. The van der Waals surface area contributed by atoms with E-state index in [1.165, 1.54) is 6.07 Å².